The van der Waals surface area contributed by atoms with Crippen LogP contribution < -0.4 is 5.32 Å². The molecule has 0 aromatic carbocycles. The maximum atomic E-state index is 12.3. The Morgan fingerprint density at radius 1 is 1.12 bits per heavy atom. The highest BCUT2D eigenvalue weighted by Crippen LogP contribution is 2.30. The Labute approximate surface area is 104 Å². The van der Waals surface area contributed by atoms with Crippen LogP contribution in [-0.2, 0) is 4.79 Å². The van der Waals surface area contributed by atoms with E-state index in [9.17, 15) is 4.79 Å². The van der Waals surface area contributed by atoms with Crippen LogP contribution in [0, 0.1) is 11.8 Å². The summed E-state index contributed by atoms with van der Waals surface area (Å²) in [5, 5.41) is 3.52. The standard InChI is InChI=1S/C14H24N2O/c17-14-12-7-4-8-15-13(12)10-16(14)9-11-5-2-1-3-6-11/h11-13,15H,1-10H2. The van der Waals surface area contributed by atoms with Crippen molar-refractivity contribution in [2.75, 3.05) is 19.6 Å². The molecule has 3 aliphatic rings. The zero-order valence-corrected chi connectivity index (χ0v) is 10.7. The van der Waals surface area contributed by atoms with E-state index in [-0.39, 0.29) is 0 Å². The molecule has 0 aromatic heterocycles. The molecule has 3 nitrogen and oxygen atoms in total. The Morgan fingerprint density at radius 2 is 1.94 bits per heavy atom. The third-order valence-electron chi connectivity index (χ3n) is 4.83. The number of fused-ring (bicyclic) bond motifs is 1. The van der Waals surface area contributed by atoms with E-state index in [1.165, 1.54) is 38.5 Å². The Kier molecular flexibility index (Phi) is 3.37. The van der Waals surface area contributed by atoms with Crippen LogP contribution >= 0.6 is 0 Å². The van der Waals surface area contributed by atoms with Gasteiger partial charge in [0.1, 0.15) is 0 Å². The minimum Gasteiger partial charge on any atom is -0.341 e. The number of piperidine rings is 1. The molecule has 2 unspecified atom stereocenters. The first kappa shape index (κ1) is 11.5. The zero-order chi connectivity index (χ0) is 11.7. The number of amides is 1. The second-order valence-corrected chi connectivity index (χ2v) is 6.06. The van der Waals surface area contributed by atoms with Crippen LogP contribution in [0.25, 0.3) is 0 Å². The maximum Gasteiger partial charge on any atom is 0.227 e. The number of carbonyl (C=O) groups is 1. The predicted octanol–water partition coefficient (Wildman–Crippen LogP) is 1.78. The van der Waals surface area contributed by atoms with Crippen LogP contribution in [0.15, 0.2) is 0 Å². The normalized spacial score (nSPS) is 35.1. The number of hydrogen-bond donors (Lipinski definition) is 1. The van der Waals surface area contributed by atoms with Gasteiger partial charge in [-0.05, 0) is 38.1 Å². The van der Waals surface area contributed by atoms with Crippen molar-refractivity contribution >= 4 is 5.91 Å². The Balaban J connectivity index is 1.58. The highest BCUT2D eigenvalue weighted by atomic mass is 16.2. The first-order chi connectivity index (χ1) is 8.34. The molecule has 1 aliphatic carbocycles. The Morgan fingerprint density at radius 3 is 2.71 bits per heavy atom. The lowest BCUT2D eigenvalue weighted by molar-refractivity contribution is -0.132. The molecule has 0 radical (unpaired) electrons. The summed E-state index contributed by atoms with van der Waals surface area (Å²) >= 11 is 0. The summed E-state index contributed by atoms with van der Waals surface area (Å²) in [5.41, 5.74) is 0. The predicted molar refractivity (Wildman–Crippen MR) is 67.7 cm³/mol. The Hall–Kier alpha value is -0.570. The van der Waals surface area contributed by atoms with Gasteiger partial charge in [-0.25, -0.2) is 0 Å². The van der Waals surface area contributed by atoms with Crippen LogP contribution in [0.5, 0.6) is 0 Å². The molecular weight excluding hydrogens is 212 g/mol. The molecule has 1 amide bonds. The smallest absolute Gasteiger partial charge is 0.227 e. The number of rotatable bonds is 2. The maximum absolute atomic E-state index is 12.3. The average Bonchev–Trinajstić information content (AvgIpc) is 2.68. The minimum atomic E-state index is 0.298. The van der Waals surface area contributed by atoms with Gasteiger partial charge in [0.2, 0.25) is 5.91 Å². The minimum absolute atomic E-state index is 0.298. The monoisotopic (exact) mass is 236 g/mol. The van der Waals surface area contributed by atoms with Gasteiger partial charge in [0.05, 0.1) is 5.92 Å². The van der Waals surface area contributed by atoms with Crippen molar-refractivity contribution < 1.29 is 4.79 Å². The van der Waals surface area contributed by atoms with Crippen molar-refractivity contribution in [2.24, 2.45) is 11.8 Å². The fraction of sp³-hybridized carbons (Fsp3) is 0.929. The van der Waals surface area contributed by atoms with E-state index < -0.39 is 0 Å². The molecule has 1 saturated carbocycles. The topological polar surface area (TPSA) is 32.3 Å². The number of hydrogen-bond acceptors (Lipinski definition) is 2. The van der Waals surface area contributed by atoms with E-state index in [0.717, 1.165) is 32.0 Å². The third kappa shape index (κ3) is 2.35. The van der Waals surface area contributed by atoms with Crippen LogP contribution in [0.3, 0.4) is 0 Å². The number of carbonyl (C=O) groups excluding carboxylic acids is 1. The summed E-state index contributed by atoms with van der Waals surface area (Å²) in [4.78, 5) is 14.5. The van der Waals surface area contributed by atoms with Crippen LogP contribution in [0.1, 0.15) is 44.9 Å². The first-order valence-corrected chi connectivity index (χ1v) is 7.37. The van der Waals surface area contributed by atoms with E-state index in [2.05, 4.69) is 10.2 Å². The van der Waals surface area contributed by atoms with Gasteiger partial charge in [-0.2, -0.15) is 0 Å². The second kappa shape index (κ2) is 4.97. The molecule has 2 saturated heterocycles. The van der Waals surface area contributed by atoms with Gasteiger partial charge in [-0.3, -0.25) is 4.79 Å². The largest absolute Gasteiger partial charge is 0.341 e. The molecule has 17 heavy (non-hydrogen) atoms. The molecule has 2 aliphatic heterocycles. The lowest BCUT2D eigenvalue weighted by atomic mass is 9.89. The number of nitrogens with zero attached hydrogens (tertiary/aromatic N) is 1. The van der Waals surface area contributed by atoms with Gasteiger partial charge in [0, 0.05) is 19.1 Å². The summed E-state index contributed by atoms with van der Waals surface area (Å²) in [5.74, 6) is 1.52. The van der Waals surface area contributed by atoms with Crippen molar-refractivity contribution in [1.29, 1.82) is 0 Å². The van der Waals surface area contributed by atoms with Gasteiger partial charge < -0.3 is 10.2 Å². The average molecular weight is 236 g/mol. The highest BCUT2D eigenvalue weighted by molar-refractivity contribution is 5.82. The molecule has 96 valence electrons. The van der Waals surface area contributed by atoms with E-state index >= 15 is 0 Å². The van der Waals surface area contributed by atoms with Crippen LogP contribution in [0.2, 0.25) is 0 Å². The van der Waals surface area contributed by atoms with Gasteiger partial charge in [0.25, 0.3) is 0 Å². The first-order valence-electron chi connectivity index (χ1n) is 7.37. The molecule has 3 fully saturated rings. The molecule has 2 atom stereocenters. The molecule has 1 N–H and O–H groups in total. The summed E-state index contributed by atoms with van der Waals surface area (Å²) in [6.45, 7) is 3.11. The van der Waals surface area contributed by atoms with Crippen molar-refractivity contribution in [3.05, 3.63) is 0 Å². The molecule has 0 bridgehead atoms. The van der Waals surface area contributed by atoms with Crippen LogP contribution in [-0.4, -0.2) is 36.5 Å². The van der Waals surface area contributed by atoms with E-state index in [4.69, 9.17) is 0 Å². The van der Waals surface area contributed by atoms with Crippen molar-refractivity contribution in [1.82, 2.24) is 10.2 Å². The van der Waals surface area contributed by atoms with Gasteiger partial charge in [-0.15, -0.1) is 0 Å². The van der Waals surface area contributed by atoms with Gasteiger partial charge in [0.15, 0.2) is 0 Å². The molecular formula is C14H24N2O. The lowest BCUT2D eigenvalue weighted by Gasteiger charge is -2.27. The van der Waals surface area contributed by atoms with Gasteiger partial charge in [-0.1, -0.05) is 19.3 Å². The fourth-order valence-corrected chi connectivity index (χ4v) is 3.85. The summed E-state index contributed by atoms with van der Waals surface area (Å²) in [6.07, 6.45) is 9.10. The quantitative estimate of drug-likeness (QED) is 0.792. The van der Waals surface area contributed by atoms with E-state index in [1.807, 2.05) is 0 Å². The van der Waals surface area contributed by atoms with Crippen LogP contribution in [0.4, 0.5) is 0 Å². The zero-order valence-electron chi connectivity index (χ0n) is 10.7. The molecule has 0 aromatic rings. The highest BCUT2D eigenvalue weighted by Gasteiger charge is 2.41. The molecule has 3 heteroatoms. The summed E-state index contributed by atoms with van der Waals surface area (Å²) in [6, 6.07) is 0.458. The van der Waals surface area contributed by atoms with E-state index in [1.54, 1.807) is 0 Å². The molecule has 2 heterocycles. The SMILES string of the molecule is O=C1C2CCCNC2CN1CC1CCCCC1. The van der Waals surface area contributed by atoms with Crippen molar-refractivity contribution in [2.45, 2.75) is 51.0 Å². The lowest BCUT2D eigenvalue weighted by Crippen LogP contribution is -2.41. The van der Waals surface area contributed by atoms with Crippen molar-refractivity contribution in [3.8, 4) is 0 Å². The third-order valence-corrected chi connectivity index (χ3v) is 4.83. The summed E-state index contributed by atoms with van der Waals surface area (Å²) < 4.78 is 0. The van der Waals surface area contributed by atoms with Gasteiger partial charge >= 0.3 is 0 Å². The van der Waals surface area contributed by atoms with E-state index in [0.29, 0.717) is 17.9 Å². The second-order valence-electron chi connectivity index (χ2n) is 6.06. The number of likely N-dealkylation sites (tertiary alicyclic amines) is 1. The molecule has 3 rings (SSSR count). The fourth-order valence-electron chi connectivity index (χ4n) is 3.85. The summed E-state index contributed by atoms with van der Waals surface area (Å²) in [7, 11) is 0. The molecule has 0 spiro atoms. The Bertz CT molecular complexity index is 286. The van der Waals surface area contributed by atoms with Crippen molar-refractivity contribution in [3.63, 3.8) is 0 Å². The number of nitrogens with one attached hydrogen (secondary N) is 1.